The lowest BCUT2D eigenvalue weighted by atomic mass is 10.1. The quantitative estimate of drug-likeness (QED) is 0.948. The van der Waals surface area contributed by atoms with Crippen LogP contribution in [0.15, 0.2) is 47.3 Å². The van der Waals surface area contributed by atoms with Crippen molar-refractivity contribution >= 4 is 11.6 Å². The Balaban J connectivity index is 2.22. The first-order chi connectivity index (χ1) is 10.3. The lowest BCUT2D eigenvalue weighted by Crippen LogP contribution is -2.29. The van der Waals surface area contributed by atoms with E-state index in [9.17, 15) is 22.8 Å². The molecule has 4 nitrogen and oxygen atoms in total. The fraction of sp³-hybridized carbons (Fsp3) is 0.200. The molecule has 0 saturated heterocycles. The fourth-order valence-electron chi connectivity index (χ4n) is 2.00. The van der Waals surface area contributed by atoms with Gasteiger partial charge < -0.3 is 9.88 Å². The van der Waals surface area contributed by atoms with Crippen LogP contribution in [0.2, 0.25) is 0 Å². The van der Waals surface area contributed by atoms with Gasteiger partial charge in [-0.05, 0) is 25.1 Å². The average Bonchev–Trinajstić information content (AvgIpc) is 2.42. The number of carbonyl (C=O) groups excluding carboxylic acids is 1. The van der Waals surface area contributed by atoms with Gasteiger partial charge in [0.15, 0.2) is 0 Å². The zero-order valence-corrected chi connectivity index (χ0v) is 11.6. The van der Waals surface area contributed by atoms with Crippen LogP contribution in [-0.4, -0.2) is 10.5 Å². The number of aryl methyl sites for hydroxylation is 1. The summed E-state index contributed by atoms with van der Waals surface area (Å²) < 4.78 is 39.7. The fourth-order valence-corrected chi connectivity index (χ4v) is 2.00. The van der Waals surface area contributed by atoms with Crippen molar-refractivity contribution in [2.75, 3.05) is 5.32 Å². The number of amides is 1. The van der Waals surface area contributed by atoms with Gasteiger partial charge in [-0.1, -0.05) is 18.2 Å². The lowest BCUT2D eigenvalue weighted by molar-refractivity contribution is -0.137. The number of alkyl halides is 3. The van der Waals surface area contributed by atoms with Crippen LogP contribution in [0.3, 0.4) is 0 Å². The molecule has 0 atom stereocenters. The summed E-state index contributed by atoms with van der Waals surface area (Å²) in [4.78, 5) is 23.6. The maximum atomic E-state index is 12.8. The molecule has 0 aliphatic heterocycles. The van der Waals surface area contributed by atoms with Crippen molar-refractivity contribution in [3.8, 4) is 0 Å². The molecule has 1 aromatic carbocycles. The van der Waals surface area contributed by atoms with Crippen LogP contribution in [0.1, 0.15) is 11.3 Å². The minimum atomic E-state index is -4.57. The predicted octanol–water partition coefficient (Wildman–Crippen LogP) is 2.81. The third-order valence-electron chi connectivity index (χ3n) is 3.08. The molecule has 1 aromatic heterocycles. The molecule has 116 valence electrons. The van der Waals surface area contributed by atoms with Crippen LogP contribution in [0, 0.1) is 6.92 Å². The van der Waals surface area contributed by atoms with Gasteiger partial charge in [0.2, 0.25) is 5.91 Å². The number of hydrogen-bond acceptors (Lipinski definition) is 2. The maximum absolute atomic E-state index is 12.8. The zero-order chi connectivity index (χ0) is 16.3. The summed E-state index contributed by atoms with van der Waals surface area (Å²) in [5, 5.41) is 2.20. The summed E-state index contributed by atoms with van der Waals surface area (Å²) in [5.41, 5.74) is -1.10. The number of para-hydroxylation sites is 1. The summed E-state index contributed by atoms with van der Waals surface area (Å²) in [6, 6.07) is 9.15. The largest absolute Gasteiger partial charge is 0.418 e. The van der Waals surface area contributed by atoms with Crippen LogP contribution in [0.5, 0.6) is 0 Å². The molecular weight excluding hydrogens is 297 g/mol. The topological polar surface area (TPSA) is 51.1 Å². The van der Waals surface area contributed by atoms with Gasteiger partial charge in [0, 0.05) is 11.8 Å². The second-order valence-electron chi connectivity index (χ2n) is 4.68. The van der Waals surface area contributed by atoms with Crippen LogP contribution in [0.25, 0.3) is 0 Å². The van der Waals surface area contributed by atoms with Crippen LogP contribution >= 0.6 is 0 Å². The molecule has 0 aliphatic carbocycles. The molecule has 22 heavy (non-hydrogen) atoms. The number of aromatic nitrogens is 1. The summed E-state index contributed by atoms with van der Waals surface area (Å²) in [7, 11) is 0. The molecule has 0 fully saturated rings. The highest BCUT2D eigenvalue weighted by Gasteiger charge is 2.33. The van der Waals surface area contributed by atoms with Crippen molar-refractivity contribution in [1.29, 1.82) is 0 Å². The minimum absolute atomic E-state index is 0.332. The summed E-state index contributed by atoms with van der Waals surface area (Å²) >= 11 is 0. The number of anilines is 1. The third kappa shape index (κ3) is 3.55. The monoisotopic (exact) mass is 310 g/mol. The number of nitrogens with one attached hydrogen (secondary N) is 1. The van der Waals surface area contributed by atoms with E-state index in [1.54, 1.807) is 19.1 Å². The molecule has 0 aliphatic rings. The predicted molar refractivity (Wildman–Crippen MR) is 75.5 cm³/mol. The van der Waals surface area contributed by atoms with Gasteiger partial charge in [-0.2, -0.15) is 13.2 Å². The number of halogens is 3. The van der Waals surface area contributed by atoms with E-state index in [1.165, 1.54) is 28.8 Å². The first-order valence-corrected chi connectivity index (χ1v) is 6.41. The molecular formula is C15H13F3N2O2. The van der Waals surface area contributed by atoms with Crippen molar-refractivity contribution < 1.29 is 18.0 Å². The minimum Gasteiger partial charge on any atom is -0.324 e. The number of rotatable bonds is 3. The maximum Gasteiger partial charge on any atom is 0.418 e. The molecule has 0 saturated carbocycles. The Morgan fingerprint density at radius 2 is 1.82 bits per heavy atom. The van der Waals surface area contributed by atoms with E-state index < -0.39 is 17.6 Å². The number of hydrogen-bond donors (Lipinski definition) is 1. The number of nitrogens with zero attached hydrogens (tertiary/aromatic N) is 1. The third-order valence-corrected chi connectivity index (χ3v) is 3.08. The van der Waals surface area contributed by atoms with Crippen LogP contribution in [-0.2, 0) is 17.5 Å². The molecule has 2 rings (SSSR count). The van der Waals surface area contributed by atoms with Gasteiger partial charge in [-0.25, -0.2) is 0 Å². The molecule has 1 amide bonds. The van der Waals surface area contributed by atoms with Crippen molar-refractivity contribution in [2.45, 2.75) is 19.6 Å². The first-order valence-electron chi connectivity index (χ1n) is 6.41. The molecule has 0 radical (unpaired) electrons. The van der Waals surface area contributed by atoms with Gasteiger partial charge in [-0.15, -0.1) is 0 Å². The van der Waals surface area contributed by atoms with E-state index in [-0.39, 0.29) is 17.8 Å². The highest BCUT2D eigenvalue weighted by Crippen LogP contribution is 2.34. The van der Waals surface area contributed by atoms with Crippen molar-refractivity contribution in [3.63, 3.8) is 0 Å². The Hall–Kier alpha value is -2.57. The van der Waals surface area contributed by atoms with Crippen molar-refractivity contribution in [2.24, 2.45) is 0 Å². The van der Waals surface area contributed by atoms with Gasteiger partial charge in [-0.3, -0.25) is 9.59 Å². The summed E-state index contributed by atoms with van der Waals surface area (Å²) in [6.07, 6.45) is -4.57. The Labute approximate surface area is 124 Å². The molecule has 7 heteroatoms. The molecule has 0 spiro atoms. The SMILES string of the molecule is Cc1cccc(=O)n1CC(=O)Nc1ccccc1C(F)(F)F. The lowest BCUT2D eigenvalue weighted by Gasteiger charge is -2.14. The second kappa shape index (κ2) is 6.05. The zero-order valence-electron chi connectivity index (χ0n) is 11.6. The Morgan fingerprint density at radius 1 is 1.14 bits per heavy atom. The summed E-state index contributed by atoms with van der Waals surface area (Å²) in [5.74, 6) is -0.701. The van der Waals surface area contributed by atoms with E-state index in [2.05, 4.69) is 5.32 Å². The average molecular weight is 310 g/mol. The smallest absolute Gasteiger partial charge is 0.324 e. The number of benzene rings is 1. The Bertz CT molecular complexity index is 751. The number of pyridine rings is 1. The van der Waals surface area contributed by atoms with Gasteiger partial charge in [0.1, 0.15) is 6.54 Å². The molecule has 1 heterocycles. The Morgan fingerprint density at radius 3 is 2.45 bits per heavy atom. The van der Waals surface area contributed by atoms with Crippen molar-refractivity contribution in [1.82, 2.24) is 4.57 Å². The highest BCUT2D eigenvalue weighted by molar-refractivity contribution is 5.91. The second-order valence-corrected chi connectivity index (χ2v) is 4.68. The van der Waals surface area contributed by atoms with E-state index in [4.69, 9.17) is 0 Å². The van der Waals surface area contributed by atoms with E-state index in [0.29, 0.717) is 5.69 Å². The van der Waals surface area contributed by atoms with Crippen molar-refractivity contribution in [3.05, 3.63) is 64.1 Å². The summed E-state index contributed by atoms with van der Waals surface area (Å²) in [6.45, 7) is 1.29. The normalized spacial score (nSPS) is 11.3. The first kappa shape index (κ1) is 15.8. The van der Waals surface area contributed by atoms with Crippen LogP contribution in [0.4, 0.5) is 18.9 Å². The van der Waals surface area contributed by atoms with E-state index >= 15 is 0 Å². The molecule has 1 N–H and O–H groups in total. The van der Waals surface area contributed by atoms with Crippen LogP contribution < -0.4 is 10.9 Å². The molecule has 2 aromatic rings. The highest BCUT2D eigenvalue weighted by atomic mass is 19.4. The number of carbonyl (C=O) groups is 1. The van der Waals surface area contributed by atoms with Gasteiger partial charge in [0.05, 0.1) is 11.3 Å². The standard InChI is InChI=1S/C15H13F3N2O2/c1-10-5-4-8-14(22)20(10)9-13(21)19-12-7-3-2-6-11(12)15(16,17)18/h2-8H,9H2,1H3,(H,19,21). The molecule has 0 unspecified atom stereocenters. The molecule has 0 bridgehead atoms. The van der Waals surface area contributed by atoms with E-state index in [0.717, 1.165) is 6.07 Å². The van der Waals surface area contributed by atoms with Gasteiger partial charge >= 0.3 is 6.18 Å². The Kier molecular flexibility index (Phi) is 4.35. The van der Waals surface area contributed by atoms with E-state index in [1.807, 2.05) is 0 Å². The van der Waals surface area contributed by atoms with Gasteiger partial charge in [0.25, 0.3) is 5.56 Å².